The number of amides is 1. The van der Waals surface area contributed by atoms with Crippen LogP contribution in [-0.4, -0.2) is 32.3 Å². The van der Waals surface area contributed by atoms with E-state index in [9.17, 15) is 9.59 Å². The first kappa shape index (κ1) is 15.9. The Morgan fingerprint density at radius 1 is 1.45 bits per heavy atom. The molecule has 0 bridgehead atoms. The van der Waals surface area contributed by atoms with Gasteiger partial charge in [-0.2, -0.15) is 5.10 Å². The largest absolute Gasteiger partial charge is 0.480 e. The van der Waals surface area contributed by atoms with Crippen LogP contribution >= 0.6 is 0 Å². The predicted molar refractivity (Wildman–Crippen MR) is 76.2 cm³/mol. The standard InChI is InChI=1S/C14H21N3O3/c1-6-14(4,13(19)20)15-12(18)8-7-11-9(2)16-17(5)10(11)3/h7-8H,6H2,1-5H3,(H,15,18)(H,19,20). The number of aliphatic carboxylic acids is 1. The Bertz CT molecular complexity index is 560. The first-order valence-corrected chi connectivity index (χ1v) is 6.45. The second-order valence-electron chi connectivity index (χ2n) is 5.02. The van der Waals surface area contributed by atoms with Crippen LogP contribution in [0.3, 0.4) is 0 Å². The number of hydrogen-bond donors (Lipinski definition) is 2. The summed E-state index contributed by atoms with van der Waals surface area (Å²) < 4.78 is 1.74. The van der Waals surface area contributed by atoms with Crippen molar-refractivity contribution in [3.63, 3.8) is 0 Å². The van der Waals surface area contributed by atoms with Gasteiger partial charge in [-0.1, -0.05) is 6.92 Å². The fourth-order valence-electron chi connectivity index (χ4n) is 1.80. The van der Waals surface area contributed by atoms with Gasteiger partial charge in [0.1, 0.15) is 5.54 Å². The molecule has 20 heavy (non-hydrogen) atoms. The number of carbonyl (C=O) groups is 2. The van der Waals surface area contributed by atoms with Crippen LogP contribution in [0.2, 0.25) is 0 Å². The minimum absolute atomic E-state index is 0.312. The quantitative estimate of drug-likeness (QED) is 0.798. The molecule has 1 rings (SSSR count). The molecule has 1 amide bonds. The SMILES string of the molecule is CCC(C)(NC(=O)C=Cc1c(C)nn(C)c1C)C(=O)O. The molecule has 0 saturated carbocycles. The maximum Gasteiger partial charge on any atom is 0.329 e. The predicted octanol–water partition coefficient (Wildman–Crippen LogP) is 1.42. The molecule has 0 radical (unpaired) electrons. The average molecular weight is 279 g/mol. The fourth-order valence-corrected chi connectivity index (χ4v) is 1.80. The van der Waals surface area contributed by atoms with Gasteiger partial charge < -0.3 is 10.4 Å². The number of nitrogens with zero attached hydrogens (tertiary/aromatic N) is 2. The van der Waals surface area contributed by atoms with Gasteiger partial charge in [-0.25, -0.2) is 4.79 Å². The van der Waals surface area contributed by atoms with Gasteiger partial charge in [0, 0.05) is 24.4 Å². The van der Waals surface area contributed by atoms with Gasteiger partial charge >= 0.3 is 5.97 Å². The summed E-state index contributed by atoms with van der Waals surface area (Å²) in [7, 11) is 1.83. The number of aryl methyl sites for hydroxylation is 2. The van der Waals surface area contributed by atoms with Gasteiger partial charge in [-0.15, -0.1) is 0 Å². The molecule has 1 heterocycles. The number of hydrogen-bond acceptors (Lipinski definition) is 3. The van der Waals surface area contributed by atoms with Crippen LogP contribution in [-0.2, 0) is 16.6 Å². The monoisotopic (exact) mass is 279 g/mol. The highest BCUT2D eigenvalue weighted by atomic mass is 16.4. The third-order valence-corrected chi connectivity index (χ3v) is 3.54. The maximum atomic E-state index is 11.8. The van der Waals surface area contributed by atoms with Gasteiger partial charge in [0.2, 0.25) is 5.91 Å². The van der Waals surface area contributed by atoms with E-state index in [-0.39, 0.29) is 0 Å². The highest BCUT2D eigenvalue weighted by molar-refractivity contribution is 5.95. The number of nitrogens with one attached hydrogen (secondary N) is 1. The molecule has 1 aromatic rings. The van der Waals surface area contributed by atoms with Crippen LogP contribution in [0.15, 0.2) is 6.08 Å². The van der Waals surface area contributed by atoms with Crippen molar-refractivity contribution in [2.45, 2.75) is 39.7 Å². The molecule has 0 aliphatic rings. The molecular weight excluding hydrogens is 258 g/mol. The third kappa shape index (κ3) is 3.26. The third-order valence-electron chi connectivity index (χ3n) is 3.54. The lowest BCUT2D eigenvalue weighted by atomic mass is 9.99. The van der Waals surface area contributed by atoms with E-state index >= 15 is 0 Å². The first-order valence-electron chi connectivity index (χ1n) is 6.45. The summed E-state index contributed by atoms with van der Waals surface area (Å²) in [4.78, 5) is 23.0. The van der Waals surface area contributed by atoms with Crippen LogP contribution in [0.4, 0.5) is 0 Å². The number of aromatic nitrogens is 2. The zero-order chi connectivity index (χ0) is 15.5. The molecule has 0 aromatic carbocycles. The van der Waals surface area contributed by atoms with Crippen molar-refractivity contribution >= 4 is 18.0 Å². The van der Waals surface area contributed by atoms with E-state index in [0.29, 0.717) is 6.42 Å². The van der Waals surface area contributed by atoms with Crippen molar-refractivity contribution in [2.24, 2.45) is 7.05 Å². The summed E-state index contributed by atoms with van der Waals surface area (Å²) in [5.74, 6) is -1.48. The second-order valence-corrected chi connectivity index (χ2v) is 5.02. The van der Waals surface area contributed by atoms with E-state index in [1.165, 1.54) is 13.0 Å². The van der Waals surface area contributed by atoms with Gasteiger partial charge in [0.15, 0.2) is 0 Å². The first-order chi connectivity index (χ1) is 9.21. The zero-order valence-electron chi connectivity index (χ0n) is 12.5. The van der Waals surface area contributed by atoms with E-state index in [2.05, 4.69) is 10.4 Å². The molecule has 110 valence electrons. The molecule has 6 heteroatoms. The second kappa shape index (κ2) is 5.90. The lowest BCUT2D eigenvalue weighted by molar-refractivity contribution is -0.146. The Morgan fingerprint density at radius 2 is 2.05 bits per heavy atom. The average Bonchev–Trinajstić information content (AvgIpc) is 2.61. The number of carboxylic acid groups (broad SMARTS) is 1. The minimum Gasteiger partial charge on any atom is -0.480 e. The van der Waals surface area contributed by atoms with E-state index in [1.807, 2.05) is 20.9 Å². The molecule has 6 nitrogen and oxygen atoms in total. The van der Waals surface area contributed by atoms with Crippen LogP contribution < -0.4 is 5.32 Å². The summed E-state index contributed by atoms with van der Waals surface area (Å²) in [6.45, 7) is 6.97. The van der Waals surface area contributed by atoms with Crippen LogP contribution in [0, 0.1) is 13.8 Å². The summed E-state index contributed by atoms with van der Waals surface area (Å²) in [6.07, 6.45) is 3.31. The van der Waals surface area contributed by atoms with E-state index < -0.39 is 17.4 Å². The Balaban J connectivity index is 2.86. The Morgan fingerprint density at radius 3 is 2.45 bits per heavy atom. The highest BCUT2D eigenvalue weighted by Gasteiger charge is 2.31. The minimum atomic E-state index is -1.25. The van der Waals surface area contributed by atoms with Crippen LogP contribution in [0.25, 0.3) is 6.08 Å². The number of carbonyl (C=O) groups excluding carboxylic acids is 1. The van der Waals surface area contributed by atoms with Crippen LogP contribution in [0.1, 0.15) is 37.2 Å². The van der Waals surface area contributed by atoms with Gasteiger partial charge in [-0.3, -0.25) is 9.48 Å². The maximum absolute atomic E-state index is 11.8. The zero-order valence-corrected chi connectivity index (χ0v) is 12.5. The molecule has 0 aliphatic heterocycles. The molecule has 0 spiro atoms. The van der Waals surface area contributed by atoms with Crippen molar-refractivity contribution < 1.29 is 14.7 Å². The summed E-state index contributed by atoms with van der Waals surface area (Å²) >= 11 is 0. The summed E-state index contributed by atoms with van der Waals surface area (Å²) in [5.41, 5.74) is 1.39. The smallest absolute Gasteiger partial charge is 0.329 e. The van der Waals surface area contributed by atoms with Gasteiger partial charge in [-0.05, 0) is 33.3 Å². The van der Waals surface area contributed by atoms with E-state index in [0.717, 1.165) is 17.0 Å². The summed E-state index contributed by atoms with van der Waals surface area (Å²) in [6, 6.07) is 0. The molecule has 0 aliphatic carbocycles. The van der Waals surface area contributed by atoms with Crippen molar-refractivity contribution in [2.75, 3.05) is 0 Å². The van der Waals surface area contributed by atoms with E-state index in [4.69, 9.17) is 5.11 Å². The lowest BCUT2D eigenvalue weighted by Crippen LogP contribution is -2.51. The Hall–Kier alpha value is -2.11. The van der Waals surface area contributed by atoms with Crippen molar-refractivity contribution in [3.8, 4) is 0 Å². The molecule has 0 fully saturated rings. The van der Waals surface area contributed by atoms with Gasteiger partial charge in [0.05, 0.1) is 5.69 Å². The summed E-state index contributed by atoms with van der Waals surface area (Å²) in [5, 5.41) is 15.9. The van der Waals surface area contributed by atoms with Crippen molar-refractivity contribution in [1.29, 1.82) is 0 Å². The van der Waals surface area contributed by atoms with E-state index in [1.54, 1.807) is 17.7 Å². The van der Waals surface area contributed by atoms with Crippen LogP contribution in [0.5, 0.6) is 0 Å². The Kier molecular flexibility index (Phi) is 4.70. The lowest BCUT2D eigenvalue weighted by Gasteiger charge is -2.23. The number of rotatable bonds is 5. The van der Waals surface area contributed by atoms with Gasteiger partial charge in [0.25, 0.3) is 0 Å². The fraction of sp³-hybridized carbons (Fsp3) is 0.500. The molecule has 0 saturated heterocycles. The Labute approximate surface area is 118 Å². The molecule has 1 aromatic heterocycles. The van der Waals surface area contributed by atoms with Crippen molar-refractivity contribution in [1.82, 2.24) is 15.1 Å². The molecule has 2 N–H and O–H groups in total. The molecule has 1 unspecified atom stereocenters. The van der Waals surface area contributed by atoms with Crippen molar-refractivity contribution in [3.05, 3.63) is 23.0 Å². The molecular formula is C14H21N3O3. The highest BCUT2D eigenvalue weighted by Crippen LogP contribution is 2.14. The molecule has 1 atom stereocenters. The topological polar surface area (TPSA) is 84.2 Å². The normalized spacial score (nSPS) is 14.2. The number of carboxylic acids is 1.